The van der Waals surface area contributed by atoms with Gasteiger partial charge >= 0.3 is 5.97 Å². The van der Waals surface area contributed by atoms with Gasteiger partial charge in [-0.05, 0) is 19.8 Å². The van der Waals surface area contributed by atoms with Crippen LogP contribution in [0.4, 0.5) is 0 Å². The molecule has 0 spiro atoms. The summed E-state index contributed by atoms with van der Waals surface area (Å²) in [7, 11) is 0. The van der Waals surface area contributed by atoms with Crippen molar-refractivity contribution in [3.8, 4) is 0 Å². The number of hydrogen-bond donors (Lipinski definition) is 0. The van der Waals surface area contributed by atoms with E-state index in [0.29, 0.717) is 6.42 Å². The maximum absolute atomic E-state index is 11.7. The zero-order chi connectivity index (χ0) is 17.9. The Morgan fingerprint density at radius 3 is 1.54 bits per heavy atom. The zero-order valence-electron chi connectivity index (χ0n) is 16.9. The minimum atomic E-state index is 0.00155. The molecule has 0 aromatic heterocycles. The molecule has 144 valence electrons. The van der Waals surface area contributed by atoms with Gasteiger partial charge < -0.3 is 4.74 Å². The van der Waals surface area contributed by atoms with Crippen LogP contribution in [0.2, 0.25) is 0 Å². The molecule has 0 aliphatic heterocycles. The van der Waals surface area contributed by atoms with Gasteiger partial charge in [-0.1, -0.05) is 104 Å². The number of rotatable bonds is 18. The van der Waals surface area contributed by atoms with Crippen LogP contribution in [0.1, 0.15) is 130 Å². The minimum Gasteiger partial charge on any atom is -0.463 e. The Morgan fingerprint density at radius 1 is 0.667 bits per heavy atom. The summed E-state index contributed by atoms with van der Waals surface area (Å²) in [6, 6.07) is 0. The molecular formula is C22H44O2. The van der Waals surface area contributed by atoms with Gasteiger partial charge in [0.05, 0.1) is 6.10 Å². The van der Waals surface area contributed by atoms with Gasteiger partial charge in [0.1, 0.15) is 0 Å². The molecule has 0 fully saturated rings. The van der Waals surface area contributed by atoms with Crippen LogP contribution in [0.3, 0.4) is 0 Å². The summed E-state index contributed by atoms with van der Waals surface area (Å²) in [4.78, 5) is 11.7. The molecule has 0 bridgehead atoms. The van der Waals surface area contributed by atoms with Crippen LogP contribution in [0, 0.1) is 0 Å². The van der Waals surface area contributed by atoms with Gasteiger partial charge in [-0.3, -0.25) is 4.79 Å². The van der Waals surface area contributed by atoms with Gasteiger partial charge in [-0.15, -0.1) is 0 Å². The number of carbonyl (C=O) groups excluding carboxylic acids is 1. The first-order valence-corrected chi connectivity index (χ1v) is 10.9. The van der Waals surface area contributed by atoms with Crippen LogP contribution in [0.25, 0.3) is 0 Å². The highest BCUT2D eigenvalue weighted by atomic mass is 16.5. The van der Waals surface area contributed by atoms with Gasteiger partial charge in [0.2, 0.25) is 0 Å². The predicted molar refractivity (Wildman–Crippen MR) is 105 cm³/mol. The Morgan fingerprint density at radius 2 is 1.08 bits per heavy atom. The molecular weight excluding hydrogens is 296 g/mol. The molecule has 0 unspecified atom stereocenters. The summed E-state index contributed by atoms with van der Waals surface area (Å²) in [5.74, 6) is 0.00155. The molecule has 0 radical (unpaired) electrons. The molecule has 0 aliphatic rings. The number of carbonyl (C=O) groups is 1. The fraction of sp³-hybridized carbons (Fsp3) is 0.955. The smallest absolute Gasteiger partial charge is 0.306 e. The Balaban J connectivity index is 3.20. The van der Waals surface area contributed by atoms with Crippen molar-refractivity contribution in [3.63, 3.8) is 0 Å². The van der Waals surface area contributed by atoms with Crippen molar-refractivity contribution < 1.29 is 9.53 Å². The van der Waals surface area contributed by atoms with E-state index in [1.807, 2.05) is 6.92 Å². The van der Waals surface area contributed by atoms with Crippen molar-refractivity contribution in [2.75, 3.05) is 0 Å². The lowest BCUT2D eigenvalue weighted by Gasteiger charge is -2.12. The first kappa shape index (κ1) is 23.5. The van der Waals surface area contributed by atoms with Crippen molar-refractivity contribution in [2.45, 2.75) is 136 Å². The summed E-state index contributed by atoms with van der Waals surface area (Å²) >= 11 is 0. The number of unbranched alkanes of at least 4 members (excludes halogenated alkanes) is 13. The first-order chi connectivity index (χ1) is 11.7. The molecule has 0 N–H and O–H groups in total. The van der Waals surface area contributed by atoms with Crippen LogP contribution in [0.5, 0.6) is 0 Å². The Bertz CT molecular complexity index is 263. The third-order valence-corrected chi connectivity index (χ3v) is 4.78. The summed E-state index contributed by atoms with van der Waals surface area (Å²) in [5, 5.41) is 0. The van der Waals surface area contributed by atoms with E-state index in [1.54, 1.807) is 0 Å². The number of ether oxygens (including phenoxy) is 1. The van der Waals surface area contributed by atoms with E-state index in [9.17, 15) is 4.79 Å². The van der Waals surface area contributed by atoms with Crippen molar-refractivity contribution >= 4 is 5.97 Å². The summed E-state index contributed by atoms with van der Waals surface area (Å²) in [6.45, 7) is 6.45. The van der Waals surface area contributed by atoms with Crippen molar-refractivity contribution in [3.05, 3.63) is 0 Å². The maximum atomic E-state index is 11.7. The van der Waals surface area contributed by atoms with Crippen LogP contribution < -0.4 is 0 Å². The quantitative estimate of drug-likeness (QED) is 0.190. The summed E-state index contributed by atoms with van der Waals surface area (Å²) < 4.78 is 5.42. The molecule has 0 amide bonds. The molecule has 0 saturated heterocycles. The van der Waals surface area contributed by atoms with E-state index in [1.165, 1.54) is 83.5 Å². The van der Waals surface area contributed by atoms with Crippen molar-refractivity contribution in [2.24, 2.45) is 0 Å². The highest BCUT2D eigenvalue weighted by Crippen LogP contribution is 2.13. The van der Waals surface area contributed by atoms with Gasteiger partial charge in [0.25, 0.3) is 0 Å². The standard InChI is InChI=1S/C22H44O2/c1-4-6-8-9-10-11-12-13-14-15-16-17-18-20-22(23)24-21(3)19-7-5-2/h21H,4-20H2,1-3H3/t21-/m1/s1. The minimum absolute atomic E-state index is 0.00155. The number of esters is 1. The molecule has 0 saturated carbocycles. The van der Waals surface area contributed by atoms with Crippen LogP contribution in [-0.2, 0) is 9.53 Å². The topological polar surface area (TPSA) is 26.3 Å². The van der Waals surface area contributed by atoms with Gasteiger partial charge in [0.15, 0.2) is 0 Å². The second-order valence-electron chi connectivity index (χ2n) is 7.44. The molecule has 0 aliphatic carbocycles. The van der Waals surface area contributed by atoms with Gasteiger partial charge in [-0.2, -0.15) is 0 Å². The molecule has 1 atom stereocenters. The third-order valence-electron chi connectivity index (χ3n) is 4.78. The lowest BCUT2D eigenvalue weighted by molar-refractivity contribution is -0.148. The number of hydrogen-bond acceptors (Lipinski definition) is 2. The molecule has 24 heavy (non-hydrogen) atoms. The SMILES string of the molecule is CCCCCCCCCCCCCCCC(=O)O[C@H](C)CCCC. The second-order valence-corrected chi connectivity index (χ2v) is 7.44. The Hall–Kier alpha value is -0.530. The Kier molecular flexibility index (Phi) is 18.4. The predicted octanol–water partition coefficient (Wildman–Crippen LogP) is 7.59. The van der Waals surface area contributed by atoms with Crippen molar-refractivity contribution in [1.29, 1.82) is 0 Å². The third kappa shape index (κ3) is 17.8. The van der Waals surface area contributed by atoms with E-state index in [-0.39, 0.29) is 12.1 Å². The van der Waals surface area contributed by atoms with Crippen LogP contribution >= 0.6 is 0 Å². The Labute approximate surface area is 152 Å². The van der Waals surface area contributed by atoms with Gasteiger partial charge in [0, 0.05) is 6.42 Å². The molecule has 0 aromatic carbocycles. The average molecular weight is 341 g/mol. The fourth-order valence-corrected chi connectivity index (χ4v) is 3.12. The average Bonchev–Trinajstić information content (AvgIpc) is 2.57. The van der Waals surface area contributed by atoms with Crippen LogP contribution in [-0.4, -0.2) is 12.1 Å². The molecule has 0 heterocycles. The molecule has 0 rings (SSSR count). The summed E-state index contributed by atoms with van der Waals surface area (Å²) in [5.41, 5.74) is 0. The molecule has 2 heteroatoms. The van der Waals surface area contributed by atoms with E-state index in [4.69, 9.17) is 4.74 Å². The maximum Gasteiger partial charge on any atom is 0.306 e. The normalized spacial score (nSPS) is 12.3. The first-order valence-electron chi connectivity index (χ1n) is 10.9. The lowest BCUT2D eigenvalue weighted by Crippen LogP contribution is -2.14. The van der Waals surface area contributed by atoms with Crippen LogP contribution in [0.15, 0.2) is 0 Å². The fourth-order valence-electron chi connectivity index (χ4n) is 3.12. The lowest BCUT2D eigenvalue weighted by atomic mass is 10.0. The second kappa shape index (κ2) is 18.8. The summed E-state index contributed by atoms with van der Waals surface area (Å²) in [6.07, 6.45) is 21.4. The van der Waals surface area contributed by atoms with Gasteiger partial charge in [-0.25, -0.2) is 0 Å². The monoisotopic (exact) mass is 340 g/mol. The highest BCUT2D eigenvalue weighted by molar-refractivity contribution is 5.69. The largest absolute Gasteiger partial charge is 0.463 e. The molecule has 2 nitrogen and oxygen atoms in total. The zero-order valence-corrected chi connectivity index (χ0v) is 16.9. The highest BCUT2D eigenvalue weighted by Gasteiger charge is 2.08. The van der Waals surface area contributed by atoms with Crippen molar-refractivity contribution in [1.82, 2.24) is 0 Å². The van der Waals surface area contributed by atoms with E-state index in [2.05, 4.69) is 13.8 Å². The van der Waals surface area contributed by atoms with E-state index in [0.717, 1.165) is 19.3 Å². The molecule has 0 aromatic rings. The van der Waals surface area contributed by atoms with E-state index >= 15 is 0 Å². The van der Waals surface area contributed by atoms with E-state index < -0.39 is 0 Å².